The first-order valence-corrected chi connectivity index (χ1v) is 7.49. The Labute approximate surface area is 124 Å². The Hall–Kier alpha value is -2.10. The van der Waals surface area contributed by atoms with Crippen LogP contribution in [-0.2, 0) is 12.0 Å². The van der Waals surface area contributed by atoms with E-state index in [0.29, 0.717) is 11.8 Å². The zero-order valence-corrected chi connectivity index (χ0v) is 13.1. The predicted octanol–water partition coefficient (Wildman–Crippen LogP) is 4.40. The van der Waals surface area contributed by atoms with Gasteiger partial charge in [-0.15, -0.1) is 10.2 Å². The van der Waals surface area contributed by atoms with Crippen molar-refractivity contribution in [1.29, 1.82) is 0 Å². The van der Waals surface area contributed by atoms with Crippen molar-refractivity contribution in [3.63, 3.8) is 0 Å². The van der Waals surface area contributed by atoms with Gasteiger partial charge >= 0.3 is 0 Å². The number of nitrogens with zero attached hydrogens (tertiary/aromatic N) is 3. The van der Waals surface area contributed by atoms with Gasteiger partial charge < -0.3 is 8.98 Å². The molecule has 0 unspecified atom stereocenters. The Morgan fingerprint density at radius 2 is 1.90 bits per heavy atom. The minimum Gasteiger partial charge on any atom is -0.420 e. The minimum atomic E-state index is -0.0889. The van der Waals surface area contributed by atoms with E-state index < -0.39 is 0 Å². The fraction of sp³-hybridized carbons (Fsp3) is 0.412. The van der Waals surface area contributed by atoms with Crippen LogP contribution in [0.1, 0.15) is 40.0 Å². The van der Waals surface area contributed by atoms with E-state index in [0.717, 1.165) is 23.9 Å². The molecule has 1 aromatic carbocycles. The van der Waals surface area contributed by atoms with E-state index in [1.165, 1.54) is 5.52 Å². The van der Waals surface area contributed by atoms with Gasteiger partial charge in [-0.2, -0.15) is 0 Å². The number of fused-ring (bicyclic) bond motifs is 1. The maximum Gasteiger partial charge on any atom is 0.249 e. The van der Waals surface area contributed by atoms with Crippen molar-refractivity contribution < 1.29 is 4.42 Å². The van der Waals surface area contributed by atoms with Gasteiger partial charge in [-0.1, -0.05) is 39.0 Å². The van der Waals surface area contributed by atoms with Crippen molar-refractivity contribution in [3.05, 3.63) is 36.4 Å². The molecule has 3 aromatic rings. The second-order valence-electron chi connectivity index (χ2n) is 6.00. The van der Waals surface area contributed by atoms with Crippen LogP contribution >= 0.6 is 0 Å². The van der Waals surface area contributed by atoms with Gasteiger partial charge in [0.25, 0.3) is 0 Å². The molecular formula is C17H21N3O. The minimum absolute atomic E-state index is 0.0889. The molecule has 0 bridgehead atoms. The maximum absolute atomic E-state index is 5.96. The number of rotatable bonds is 4. The summed E-state index contributed by atoms with van der Waals surface area (Å²) in [5, 5.41) is 9.68. The predicted molar refractivity (Wildman–Crippen MR) is 84.2 cm³/mol. The second-order valence-corrected chi connectivity index (χ2v) is 6.00. The smallest absolute Gasteiger partial charge is 0.249 e. The average molecular weight is 283 g/mol. The summed E-state index contributed by atoms with van der Waals surface area (Å²) in [5.74, 6) is 1.31. The number of aryl methyl sites for hydroxylation is 1. The van der Waals surface area contributed by atoms with Gasteiger partial charge in [-0.3, -0.25) is 0 Å². The van der Waals surface area contributed by atoms with Gasteiger partial charge in [0, 0.05) is 29.1 Å². The molecule has 0 amide bonds. The number of hydrogen-bond donors (Lipinski definition) is 0. The molecule has 3 rings (SSSR count). The molecule has 110 valence electrons. The van der Waals surface area contributed by atoms with Crippen molar-refractivity contribution in [2.45, 2.75) is 46.1 Å². The average Bonchev–Trinajstić information content (AvgIpc) is 3.12. The molecule has 0 N–H and O–H groups in total. The van der Waals surface area contributed by atoms with Gasteiger partial charge in [0.15, 0.2) is 0 Å². The van der Waals surface area contributed by atoms with E-state index in [1.54, 1.807) is 0 Å². The van der Waals surface area contributed by atoms with Crippen LogP contribution in [0.25, 0.3) is 22.4 Å². The molecule has 0 aliphatic rings. The molecule has 0 fully saturated rings. The highest BCUT2D eigenvalue weighted by molar-refractivity contribution is 5.93. The highest BCUT2D eigenvalue weighted by atomic mass is 16.4. The lowest BCUT2D eigenvalue weighted by Gasteiger charge is -2.16. The Balaban J connectivity index is 2.13. The molecule has 0 saturated heterocycles. The number of para-hydroxylation sites is 1. The molecule has 2 heterocycles. The Bertz CT molecular complexity index is 767. The van der Waals surface area contributed by atoms with Gasteiger partial charge in [0.05, 0.1) is 5.56 Å². The van der Waals surface area contributed by atoms with Crippen LogP contribution in [0.4, 0.5) is 0 Å². The van der Waals surface area contributed by atoms with Gasteiger partial charge in [-0.25, -0.2) is 0 Å². The van der Waals surface area contributed by atoms with Crippen molar-refractivity contribution in [1.82, 2.24) is 14.8 Å². The van der Waals surface area contributed by atoms with Gasteiger partial charge in [0.2, 0.25) is 11.8 Å². The quantitative estimate of drug-likeness (QED) is 0.713. The molecule has 0 aliphatic heterocycles. The zero-order valence-electron chi connectivity index (χ0n) is 13.1. The third kappa shape index (κ3) is 2.24. The molecule has 4 heteroatoms. The topological polar surface area (TPSA) is 43.9 Å². The van der Waals surface area contributed by atoms with Gasteiger partial charge in [-0.05, 0) is 19.4 Å². The van der Waals surface area contributed by atoms with Crippen molar-refractivity contribution in [3.8, 4) is 11.5 Å². The highest BCUT2D eigenvalue weighted by Gasteiger charge is 2.26. The second kappa shape index (κ2) is 5.02. The molecule has 0 radical (unpaired) electrons. The van der Waals surface area contributed by atoms with E-state index in [4.69, 9.17) is 4.42 Å². The van der Waals surface area contributed by atoms with E-state index in [1.807, 2.05) is 6.07 Å². The summed E-state index contributed by atoms with van der Waals surface area (Å²) < 4.78 is 8.16. The fourth-order valence-electron chi connectivity index (χ4n) is 2.44. The van der Waals surface area contributed by atoms with Crippen LogP contribution in [0.2, 0.25) is 0 Å². The molecule has 4 nitrogen and oxygen atoms in total. The molecule has 0 atom stereocenters. The zero-order chi connectivity index (χ0) is 15.0. The van der Waals surface area contributed by atoms with Crippen LogP contribution in [0, 0.1) is 0 Å². The summed E-state index contributed by atoms with van der Waals surface area (Å²) >= 11 is 0. The summed E-state index contributed by atoms with van der Waals surface area (Å²) in [6.45, 7) is 9.43. The Morgan fingerprint density at radius 3 is 2.62 bits per heavy atom. The Kier molecular flexibility index (Phi) is 3.32. The van der Waals surface area contributed by atoms with Crippen molar-refractivity contribution in [2.24, 2.45) is 0 Å². The van der Waals surface area contributed by atoms with Crippen molar-refractivity contribution >= 4 is 10.9 Å². The first-order valence-electron chi connectivity index (χ1n) is 7.49. The maximum atomic E-state index is 5.96. The van der Waals surface area contributed by atoms with Crippen LogP contribution in [-0.4, -0.2) is 14.8 Å². The lowest BCUT2D eigenvalue weighted by molar-refractivity contribution is 0.365. The summed E-state index contributed by atoms with van der Waals surface area (Å²) in [7, 11) is 0. The fourth-order valence-corrected chi connectivity index (χ4v) is 2.44. The standard InChI is InChI=1S/C17H21N3O/c1-5-17(3,4)16-19-18-15(21-16)13-11-20(6-2)14-10-8-7-9-12(13)14/h7-11H,5-6H2,1-4H3. The molecule has 2 aromatic heterocycles. The highest BCUT2D eigenvalue weighted by Crippen LogP contribution is 2.32. The summed E-state index contributed by atoms with van der Waals surface area (Å²) in [6, 6.07) is 8.32. The van der Waals surface area contributed by atoms with E-state index in [2.05, 4.69) is 66.9 Å². The third-order valence-electron chi connectivity index (χ3n) is 4.25. The summed E-state index contributed by atoms with van der Waals surface area (Å²) in [6.07, 6.45) is 3.06. The summed E-state index contributed by atoms with van der Waals surface area (Å²) in [4.78, 5) is 0. The van der Waals surface area contributed by atoms with E-state index >= 15 is 0 Å². The molecule has 0 spiro atoms. The SMILES string of the molecule is CCn1cc(-c2nnc(C(C)(C)CC)o2)c2ccccc21. The first-order chi connectivity index (χ1) is 10.1. The van der Waals surface area contributed by atoms with Crippen LogP contribution in [0.15, 0.2) is 34.9 Å². The molecule has 0 aliphatic carbocycles. The van der Waals surface area contributed by atoms with Gasteiger partial charge in [0.1, 0.15) is 0 Å². The van der Waals surface area contributed by atoms with Crippen LogP contribution in [0.3, 0.4) is 0 Å². The normalized spacial score (nSPS) is 12.2. The summed E-state index contributed by atoms with van der Waals surface area (Å²) in [5.41, 5.74) is 2.12. The van der Waals surface area contributed by atoms with Crippen molar-refractivity contribution in [2.75, 3.05) is 0 Å². The number of aromatic nitrogens is 3. The Morgan fingerprint density at radius 1 is 1.14 bits per heavy atom. The van der Waals surface area contributed by atoms with E-state index in [9.17, 15) is 0 Å². The van der Waals surface area contributed by atoms with Crippen LogP contribution < -0.4 is 0 Å². The number of benzene rings is 1. The van der Waals surface area contributed by atoms with Crippen LogP contribution in [0.5, 0.6) is 0 Å². The molecule has 0 saturated carbocycles. The molecule has 21 heavy (non-hydrogen) atoms. The van der Waals surface area contributed by atoms with E-state index in [-0.39, 0.29) is 5.41 Å². The first kappa shape index (κ1) is 13.9. The lowest BCUT2D eigenvalue weighted by atomic mass is 9.90. The monoisotopic (exact) mass is 283 g/mol. The molecular weight excluding hydrogens is 262 g/mol. The largest absolute Gasteiger partial charge is 0.420 e. The lowest BCUT2D eigenvalue weighted by Crippen LogP contribution is -2.15. The number of hydrogen-bond acceptors (Lipinski definition) is 3. The third-order valence-corrected chi connectivity index (χ3v) is 4.25.